The molecule has 0 amide bonds. The molecule has 0 saturated carbocycles. The third-order valence-electron chi connectivity index (χ3n) is 4.41. The van der Waals surface area contributed by atoms with E-state index in [0.717, 1.165) is 44.1 Å². The number of benzene rings is 2. The minimum Gasteiger partial charge on any atom is -0.212 e. The van der Waals surface area contributed by atoms with Gasteiger partial charge in [-0.1, -0.05) is 63.1 Å². The molecule has 2 aromatic carbocycles. The summed E-state index contributed by atoms with van der Waals surface area (Å²) in [5.41, 5.74) is 3.90. The molecule has 0 nitrogen and oxygen atoms in total. The summed E-state index contributed by atoms with van der Waals surface area (Å²) in [7, 11) is 0. The van der Waals surface area contributed by atoms with Crippen LogP contribution in [0.2, 0.25) is 0 Å². The van der Waals surface area contributed by atoms with Crippen LogP contribution in [0.5, 0.6) is 0 Å². The molecule has 0 aliphatic rings. The van der Waals surface area contributed by atoms with Crippen molar-refractivity contribution < 1.29 is 8.78 Å². The lowest BCUT2D eigenvalue weighted by atomic mass is 10.0. The monoisotopic (exact) mass is 342 g/mol. The molecule has 0 N–H and O–H groups in total. The van der Waals surface area contributed by atoms with Crippen molar-refractivity contribution in [2.24, 2.45) is 0 Å². The summed E-state index contributed by atoms with van der Waals surface area (Å²) in [4.78, 5) is 0. The average Bonchev–Trinajstić information content (AvgIpc) is 2.62. The van der Waals surface area contributed by atoms with Crippen LogP contribution in [0.15, 0.2) is 48.3 Å². The average molecular weight is 342 g/mol. The van der Waals surface area contributed by atoms with Crippen molar-refractivity contribution in [3.63, 3.8) is 0 Å². The van der Waals surface area contributed by atoms with Crippen LogP contribution in [0, 0.1) is 5.82 Å². The van der Waals surface area contributed by atoms with E-state index in [-0.39, 0.29) is 11.6 Å². The Morgan fingerprint density at radius 2 is 1.44 bits per heavy atom. The Balaban J connectivity index is 1.96. The molecule has 134 valence electrons. The fourth-order valence-corrected chi connectivity index (χ4v) is 2.88. The van der Waals surface area contributed by atoms with Gasteiger partial charge in [0, 0.05) is 5.56 Å². The Morgan fingerprint density at radius 3 is 2.04 bits per heavy atom. The Morgan fingerprint density at radius 1 is 0.840 bits per heavy atom. The van der Waals surface area contributed by atoms with Crippen LogP contribution in [0.3, 0.4) is 0 Å². The number of hydrogen-bond acceptors (Lipinski definition) is 0. The SMILES string of the molecule is CCCCC(F)=Cc1ccc(CCc2ccc(CCC)cc2)cc1F. The Labute approximate surface area is 150 Å². The van der Waals surface area contributed by atoms with Crippen molar-refractivity contribution in [1.82, 2.24) is 0 Å². The number of rotatable bonds is 9. The minimum absolute atomic E-state index is 0.249. The second-order valence-electron chi connectivity index (χ2n) is 6.62. The lowest BCUT2D eigenvalue weighted by Crippen LogP contribution is -1.94. The van der Waals surface area contributed by atoms with E-state index >= 15 is 0 Å². The Bertz CT molecular complexity index is 684. The lowest BCUT2D eigenvalue weighted by Gasteiger charge is -2.06. The van der Waals surface area contributed by atoms with Gasteiger partial charge in [-0.2, -0.15) is 0 Å². The van der Waals surface area contributed by atoms with E-state index < -0.39 is 0 Å². The highest BCUT2D eigenvalue weighted by molar-refractivity contribution is 5.52. The lowest BCUT2D eigenvalue weighted by molar-refractivity contribution is 0.574. The van der Waals surface area contributed by atoms with Crippen molar-refractivity contribution in [3.05, 3.63) is 76.4 Å². The largest absolute Gasteiger partial charge is 0.212 e. The van der Waals surface area contributed by atoms with E-state index in [1.54, 1.807) is 6.07 Å². The van der Waals surface area contributed by atoms with Gasteiger partial charge in [0.15, 0.2) is 0 Å². The van der Waals surface area contributed by atoms with Crippen molar-refractivity contribution in [2.45, 2.75) is 58.8 Å². The van der Waals surface area contributed by atoms with Gasteiger partial charge in [-0.25, -0.2) is 8.78 Å². The third-order valence-corrected chi connectivity index (χ3v) is 4.41. The van der Waals surface area contributed by atoms with E-state index in [9.17, 15) is 8.78 Å². The summed E-state index contributed by atoms with van der Waals surface area (Å²) in [6.07, 6.45) is 7.35. The van der Waals surface area contributed by atoms with Gasteiger partial charge < -0.3 is 0 Å². The van der Waals surface area contributed by atoms with Crippen LogP contribution >= 0.6 is 0 Å². The molecule has 0 heterocycles. The van der Waals surface area contributed by atoms with Gasteiger partial charge in [-0.3, -0.25) is 0 Å². The number of hydrogen-bond donors (Lipinski definition) is 0. The highest BCUT2D eigenvalue weighted by atomic mass is 19.1. The van der Waals surface area contributed by atoms with Crippen LogP contribution in [0.4, 0.5) is 8.78 Å². The molecule has 0 saturated heterocycles. The van der Waals surface area contributed by atoms with Gasteiger partial charge in [-0.05, 0) is 60.9 Å². The van der Waals surface area contributed by atoms with Crippen molar-refractivity contribution in [3.8, 4) is 0 Å². The number of unbranched alkanes of at least 4 members (excludes halogenated alkanes) is 1. The minimum atomic E-state index is -0.345. The normalized spacial score (nSPS) is 11.8. The molecule has 0 bridgehead atoms. The summed E-state index contributed by atoms with van der Waals surface area (Å²) in [5.74, 6) is -0.594. The molecule has 2 rings (SSSR count). The maximum Gasteiger partial charge on any atom is 0.130 e. The van der Waals surface area contributed by atoms with Gasteiger partial charge >= 0.3 is 0 Å². The molecule has 0 aliphatic carbocycles. The van der Waals surface area contributed by atoms with Crippen LogP contribution in [0.25, 0.3) is 6.08 Å². The van der Waals surface area contributed by atoms with Gasteiger partial charge in [0.2, 0.25) is 0 Å². The fraction of sp³-hybridized carbons (Fsp3) is 0.391. The second-order valence-corrected chi connectivity index (χ2v) is 6.62. The number of halogens is 2. The van der Waals surface area contributed by atoms with Gasteiger partial charge in [-0.15, -0.1) is 0 Å². The van der Waals surface area contributed by atoms with Gasteiger partial charge in [0.25, 0.3) is 0 Å². The first kappa shape index (κ1) is 19.4. The quantitative estimate of drug-likeness (QED) is 0.457. The zero-order chi connectivity index (χ0) is 18.1. The van der Waals surface area contributed by atoms with Crippen molar-refractivity contribution in [2.75, 3.05) is 0 Å². The number of aryl methyl sites for hydroxylation is 3. The first-order chi connectivity index (χ1) is 12.1. The topological polar surface area (TPSA) is 0 Å². The molecule has 0 atom stereocenters. The predicted molar refractivity (Wildman–Crippen MR) is 103 cm³/mol. The highest BCUT2D eigenvalue weighted by Gasteiger charge is 2.04. The zero-order valence-corrected chi connectivity index (χ0v) is 15.3. The fourth-order valence-electron chi connectivity index (χ4n) is 2.88. The van der Waals surface area contributed by atoms with Crippen LogP contribution in [-0.4, -0.2) is 0 Å². The Hall–Kier alpha value is -1.96. The van der Waals surface area contributed by atoms with Crippen molar-refractivity contribution in [1.29, 1.82) is 0 Å². The van der Waals surface area contributed by atoms with Crippen LogP contribution in [0.1, 0.15) is 61.8 Å². The molecular weight excluding hydrogens is 314 g/mol. The van der Waals surface area contributed by atoms with E-state index in [0.29, 0.717) is 12.0 Å². The van der Waals surface area contributed by atoms with Gasteiger partial charge in [0.1, 0.15) is 11.6 Å². The predicted octanol–water partition coefficient (Wildman–Crippen LogP) is 7.06. The molecule has 0 aliphatic heterocycles. The van der Waals surface area contributed by atoms with Crippen LogP contribution in [-0.2, 0) is 19.3 Å². The highest BCUT2D eigenvalue weighted by Crippen LogP contribution is 2.19. The molecule has 0 spiro atoms. The molecule has 25 heavy (non-hydrogen) atoms. The number of allylic oxidation sites excluding steroid dienone is 1. The first-order valence-electron chi connectivity index (χ1n) is 9.34. The van der Waals surface area contributed by atoms with E-state index in [4.69, 9.17) is 0 Å². The summed E-state index contributed by atoms with van der Waals surface area (Å²) >= 11 is 0. The summed E-state index contributed by atoms with van der Waals surface area (Å²) in [5, 5.41) is 0. The Kier molecular flexibility index (Phi) is 7.84. The van der Waals surface area contributed by atoms with E-state index in [1.807, 2.05) is 13.0 Å². The summed E-state index contributed by atoms with van der Waals surface area (Å²) in [6, 6.07) is 13.8. The maximum absolute atomic E-state index is 14.2. The molecule has 2 aromatic rings. The smallest absolute Gasteiger partial charge is 0.130 e. The molecule has 0 aromatic heterocycles. The molecule has 2 heteroatoms. The standard InChI is InChI=1S/C23H28F2/c1-3-5-7-22(24)17-21-15-14-20(16-23(21)25)13-12-19-10-8-18(6-4-2)9-11-19/h8-11,14-17H,3-7,12-13H2,1-2H3. The van der Waals surface area contributed by atoms with Gasteiger partial charge in [0.05, 0.1) is 0 Å². The molecule has 0 radical (unpaired) electrons. The van der Waals surface area contributed by atoms with E-state index in [1.165, 1.54) is 23.3 Å². The molecule has 0 unspecified atom stereocenters. The summed E-state index contributed by atoms with van der Waals surface area (Å²) < 4.78 is 27.9. The molecular formula is C23H28F2. The zero-order valence-electron chi connectivity index (χ0n) is 15.3. The summed E-state index contributed by atoms with van der Waals surface area (Å²) in [6.45, 7) is 4.19. The van der Waals surface area contributed by atoms with E-state index in [2.05, 4.69) is 31.2 Å². The second kappa shape index (κ2) is 10.1. The molecule has 0 fully saturated rings. The van der Waals surface area contributed by atoms with Crippen LogP contribution < -0.4 is 0 Å². The maximum atomic E-state index is 14.2. The first-order valence-corrected chi connectivity index (χ1v) is 9.34. The van der Waals surface area contributed by atoms with Crippen molar-refractivity contribution >= 4 is 6.08 Å². The third kappa shape index (κ3) is 6.45.